The van der Waals surface area contributed by atoms with Gasteiger partial charge in [-0.3, -0.25) is 5.10 Å². The standard InChI is InChI=1S/C12H16N4/c1-2-11(13-5-1)8-14-10-3-4-12-9(6-10)7-15-16-12/h3-4,6-7,11,13-14H,1-2,5,8H2,(H,15,16). The Kier molecular flexibility index (Phi) is 2.50. The van der Waals surface area contributed by atoms with Crippen LogP contribution in [0.15, 0.2) is 24.4 Å². The van der Waals surface area contributed by atoms with Crippen LogP contribution in [0.2, 0.25) is 0 Å². The minimum Gasteiger partial charge on any atom is -0.383 e. The molecule has 1 atom stereocenters. The maximum atomic E-state index is 4.01. The maximum absolute atomic E-state index is 4.01. The number of rotatable bonds is 3. The second-order valence-electron chi connectivity index (χ2n) is 4.35. The highest BCUT2D eigenvalue weighted by molar-refractivity contribution is 5.81. The number of nitrogens with zero attached hydrogens (tertiary/aromatic N) is 1. The van der Waals surface area contributed by atoms with Crippen molar-refractivity contribution in [2.75, 3.05) is 18.4 Å². The predicted octanol–water partition coefficient (Wildman–Crippen LogP) is 1.73. The number of hydrogen-bond donors (Lipinski definition) is 3. The third-order valence-corrected chi connectivity index (χ3v) is 3.16. The Morgan fingerprint density at radius 3 is 3.31 bits per heavy atom. The van der Waals surface area contributed by atoms with E-state index in [1.807, 2.05) is 6.20 Å². The number of nitrogens with one attached hydrogen (secondary N) is 3. The minimum absolute atomic E-state index is 0.625. The third-order valence-electron chi connectivity index (χ3n) is 3.16. The third kappa shape index (κ3) is 1.88. The number of anilines is 1. The fourth-order valence-corrected chi connectivity index (χ4v) is 2.22. The summed E-state index contributed by atoms with van der Waals surface area (Å²) in [6.07, 6.45) is 4.43. The zero-order valence-electron chi connectivity index (χ0n) is 9.16. The second-order valence-corrected chi connectivity index (χ2v) is 4.35. The van der Waals surface area contributed by atoms with Crippen LogP contribution >= 0.6 is 0 Å². The van der Waals surface area contributed by atoms with Crippen molar-refractivity contribution in [3.05, 3.63) is 24.4 Å². The van der Waals surface area contributed by atoms with Crippen molar-refractivity contribution in [2.24, 2.45) is 0 Å². The highest BCUT2D eigenvalue weighted by Gasteiger charge is 2.13. The number of aromatic amines is 1. The topological polar surface area (TPSA) is 52.7 Å². The zero-order chi connectivity index (χ0) is 10.8. The maximum Gasteiger partial charge on any atom is 0.0651 e. The van der Waals surface area contributed by atoms with E-state index in [0.29, 0.717) is 6.04 Å². The van der Waals surface area contributed by atoms with Gasteiger partial charge >= 0.3 is 0 Å². The fraction of sp³-hybridized carbons (Fsp3) is 0.417. The number of aromatic nitrogens is 2. The summed E-state index contributed by atoms with van der Waals surface area (Å²) < 4.78 is 0. The molecule has 1 aromatic heterocycles. The van der Waals surface area contributed by atoms with Crippen LogP contribution in [0.25, 0.3) is 10.9 Å². The quantitative estimate of drug-likeness (QED) is 0.732. The summed E-state index contributed by atoms with van der Waals surface area (Å²) in [6.45, 7) is 2.16. The van der Waals surface area contributed by atoms with Gasteiger partial charge in [0.15, 0.2) is 0 Å². The van der Waals surface area contributed by atoms with Crippen molar-refractivity contribution < 1.29 is 0 Å². The molecule has 0 amide bonds. The molecule has 1 unspecified atom stereocenters. The molecule has 0 aliphatic carbocycles. The van der Waals surface area contributed by atoms with Gasteiger partial charge in [-0.05, 0) is 37.6 Å². The zero-order valence-corrected chi connectivity index (χ0v) is 9.16. The van der Waals surface area contributed by atoms with Gasteiger partial charge in [0.1, 0.15) is 0 Å². The van der Waals surface area contributed by atoms with Crippen LogP contribution in [-0.4, -0.2) is 29.3 Å². The number of H-pyrrole nitrogens is 1. The molecule has 0 spiro atoms. The molecule has 0 bridgehead atoms. The highest BCUT2D eigenvalue weighted by atomic mass is 15.1. The summed E-state index contributed by atoms with van der Waals surface area (Å²) in [4.78, 5) is 0. The summed E-state index contributed by atoms with van der Waals surface area (Å²) in [6, 6.07) is 6.91. The van der Waals surface area contributed by atoms with E-state index in [-0.39, 0.29) is 0 Å². The van der Waals surface area contributed by atoms with Gasteiger partial charge in [0.25, 0.3) is 0 Å². The first-order valence-corrected chi connectivity index (χ1v) is 5.82. The van der Waals surface area contributed by atoms with E-state index in [1.54, 1.807) is 0 Å². The first-order chi connectivity index (χ1) is 7.92. The largest absolute Gasteiger partial charge is 0.383 e. The summed E-state index contributed by atoms with van der Waals surface area (Å²) in [7, 11) is 0. The van der Waals surface area contributed by atoms with Crippen molar-refractivity contribution in [2.45, 2.75) is 18.9 Å². The predicted molar refractivity (Wildman–Crippen MR) is 65.6 cm³/mol. The number of hydrogen-bond acceptors (Lipinski definition) is 3. The molecule has 1 saturated heterocycles. The molecular formula is C12H16N4. The van der Waals surface area contributed by atoms with Crippen LogP contribution in [0.4, 0.5) is 5.69 Å². The van der Waals surface area contributed by atoms with Gasteiger partial charge in [0, 0.05) is 23.7 Å². The number of benzene rings is 1. The van der Waals surface area contributed by atoms with E-state index in [2.05, 4.69) is 39.0 Å². The fourth-order valence-electron chi connectivity index (χ4n) is 2.22. The Labute approximate surface area is 94.4 Å². The smallest absolute Gasteiger partial charge is 0.0651 e. The molecule has 4 heteroatoms. The van der Waals surface area contributed by atoms with Crippen LogP contribution < -0.4 is 10.6 Å². The lowest BCUT2D eigenvalue weighted by Crippen LogP contribution is -2.29. The normalized spacial score (nSPS) is 20.4. The average molecular weight is 216 g/mol. The van der Waals surface area contributed by atoms with Gasteiger partial charge in [-0.25, -0.2) is 0 Å². The van der Waals surface area contributed by atoms with Crippen molar-refractivity contribution in [1.82, 2.24) is 15.5 Å². The lowest BCUT2D eigenvalue weighted by molar-refractivity contribution is 0.633. The lowest BCUT2D eigenvalue weighted by atomic mass is 10.2. The van der Waals surface area contributed by atoms with Crippen molar-refractivity contribution in [3.63, 3.8) is 0 Å². The van der Waals surface area contributed by atoms with E-state index >= 15 is 0 Å². The van der Waals surface area contributed by atoms with Crippen molar-refractivity contribution >= 4 is 16.6 Å². The molecule has 84 valence electrons. The molecule has 0 saturated carbocycles. The minimum atomic E-state index is 0.625. The molecule has 1 fully saturated rings. The van der Waals surface area contributed by atoms with Gasteiger partial charge in [-0.1, -0.05) is 0 Å². The van der Waals surface area contributed by atoms with Gasteiger partial charge < -0.3 is 10.6 Å². The Balaban J connectivity index is 1.68. The van der Waals surface area contributed by atoms with Crippen molar-refractivity contribution in [3.8, 4) is 0 Å². The Bertz CT molecular complexity index is 471. The Morgan fingerprint density at radius 1 is 1.44 bits per heavy atom. The van der Waals surface area contributed by atoms with Crippen LogP contribution in [0.1, 0.15) is 12.8 Å². The van der Waals surface area contributed by atoms with E-state index in [0.717, 1.165) is 24.0 Å². The van der Waals surface area contributed by atoms with E-state index in [9.17, 15) is 0 Å². The monoisotopic (exact) mass is 216 g/mol. The molecule has 1 aliphatic heterocycles. The van der Waals surface area contributed by atoms with Crippen LogP contribution in [0, 0.1) is 0 Å². The number of fused-ring (bicyclic) bond motifs is 1. The molecular weight excluding hydrogens is 200 g/mol. The van der Waals surface area contributed by atoms with Gasteiger partial charge in [-0.15, -0.1) is 0 Å². The van der Waals surface area contributed by atoms with E-state index in [1.165, 1.54) is 18.5 Å². The molecule has 3 rings (SSSR count). The Hall–Kier alpha value is -1.55. The molecule has 1 aliphatic rings. The van der Waals surface area contributed by atoms with Crippen LogP contribution in [0.3, 0.4) is 0 Å². The molecule has 1 aromatic carbocycles. The molecule has 4 nitrogen and oxygen atoms in total. The molecule has 2 aromatic rings. The van der Waals surface area contributed by atoms with Gasteiger partial charge in [0.2, 0.25) is 0 Å². The van der Waals surface area contributed by atoms with Crippen LogP contribution in [-0.2, 0) is 0 Å². The Morgan fingerprint density at radius 2 is 2.44 bits per heavy atom. The second kappa shape index (κ2) is 4.14. The molecule has 2 heterocycles. The average Bonchev–Trinajstić information content (AvgIpc) is 2.97. The lowest BCUT2D eigenvalue weighted by Gasteiger charge is -2.12. The molecule has 16 heavy (non-hydrogen) atoms. The highest BCUT2D eigenvalue weighted by Crippen LogP contribution is 2.17. The summed E-state index contributed by atoms with van der Waals surface area (Å²) in [5.41, 5.74) is 2.26. The van der Waals surface area contributed by atoms with E-state index in [4.69, 9.17) is 0 Å². The summed E-state index contributed by atoms with van der Waals surface area (Å²) in [5, 5.41) is 15.1. The van der Waals surface area contributed by atoms with Crippen molar-refractivity contribution in [1.29, 1.82) is 0 Å². The van der Waals surface area contributed by atoms with Gasteiger partial charge in [-0.2, -0.15) is 5.10 Å². The SMILES string of the molecule is c1cc2[nH]ncc2cc1NCC1CCCN1. The molecule has 0 radical (unpaired) electrons. The van der Waals surface area contributed by atoms with Crippen LogP contribution in [0.5, 0.6) is 0 Å². The van der Waals surface area contributed by atoms with Gasteiger partial charge in [0.05, 0.1) is 11.7 Å². The summed E-state index contributed by atoms with van der Waals surface area (Å²) >= 11 is 0. The first kappa shape index (κ1) is 9.66. The first-order valence-electron chi connectivity index (χ1n) is 5.82. The molecule has 3 N–H and O–H groups in total. The van der Waals surface area contributed by atoms with E-state index < -0.39 is 0 Å². The summed E-state index contributed by atoms with van der Waals surface area (Å²) in [5.74, 6) is 0.